The van der Waals surface area contributed by atoms with E-state index in [1.807, 2.05) is 44.2 Å². The molecule has 1 aromatic rings. The fourth-order valence-electron chi connectivity index (χ4n) is 2.17. The summed E-state index contributed by atoms with van der Waals surface area (Å²) in [6.45, 7) is 9.10. The van der Waals surface area contributed by atoms with Gasteiger partial charge in [-0.3, -0.25) is 9.59 Å². The molecular formula is C18H30N2O4. The van der Waals surface area contributed by atoms with E-state index in [-0.39, 0.29) is 18.7 Å². The van der Waals surface area contributed by atoms with Crippen LogP contribution in [0.15, 0.2) is 30.3 Å². The van der Waals surface area contributed by atoms with E-state index >= 15 is 0 Å². The Kier molecular flexibility index (Phi) is 8.64. The molecule has 0 fully saturated rings. The van der Waals surface area contributed by atoms with Crippen LogP contribution in [0.3, 0.4) is 0 Å². The van der Waals surface area contributed by atoms with Gasteiger partial charge in [0.05, 0.1) is 5.92 Å². The van der Waals surface area contributed by atoms with E-state index in [1.54, 1.807) is 20.8 Å². The number of ether oxygens (including phenoxy) is 2. The molecule has 2 atom stereocenters. The molecule has 0 bridgehead atoms. The Morgan fingerprint density at radius 1 is 1.08 bits per heavy atom. The first kappa shape index (κ1) is 22.1. The minimum Gasteiger partial charge on any atom is -0.461 e. The zero-order chi connectivity index (χ0) is 17.6. The van der Waals surface area contributed by atoms with Gasteiger partial charge in [-0.15, -0.1) is 0 Å². The van der Waals surface area contributed by atoms with Crippen LogP contribution in [0.5, 0.6) is 0 Å². The molecule has 0 amide bonds. The van der Waals surface area contributed by atoms with Crippen LogP contribution in [0, 0.1) is 11.8 Å². The third kappa shape index (κ3) is 7.10. The summed E-state index contributed by atoms with van der Waals surface area (Å²) in [6.07, 6.45) is 0. The summed E-state index contributed by atoms with van der Waals surface area (Å²) in [7, 11) is 0. The summed E-state index contributed by atoms with van der Waals surface area (Å²) >= 11 is 0. The van der Waals surface area contributed by atoms with Crippen LogP contribution in [0.1, 0.15) is 40.2 Å². The van der Waals surface area contributed by atoms with Crippen LogP contribution >= 0.6 is 0 Å². The van der Waals surface area contributed by atoms with Crippen LogP contribution in [0.2, 0.25) is 0 Å². The highest BCUT2D eigenvalue weighted by atomic mass is 16.6. The van der Waals surface area contributed by atoms with Gasteiger partial charge in [-0.2, -0.15) is 0 Å². The van der Waals surface area contributed by atoms with Gasteiger partial charge in [0, 0.05) is 0 Å². The third-order valence-electron chi connectivity index (χ3n) is 3.28. The van der Waals surface area contributed by atoms with Gasteiger partial charge in [-0.25, -0.2) is 0 Å². The Hall–Kier alpha value is -1.92. The summed E-state index contributed by atoms with van der Waals surface area (Å²) in [5.41, 5.74) is 6.20. The van der Waals surface area contributed by atoms with E-state index in [2.05, 4.69) is 0 Å². The Morgan fingerprint density at radius 2 is 1.62 bits per heavy atom. The van der Waals surface area contributed by atoms with Gasteiger partial charge in [-0.1, -0.05) is 44.2 Å². The maximum atomic E-state index is 12.4. The van der Waals surface area contributed by atoms with E-state index in [4.69, 9.17) is 15.2 Å². The molecule has 6 nitrogen and oxygen atoms in total. The van der Waals surface area contributed by atoms with E-state index in [9.17, 15) is 9.59 Å². The van der Waals surface area contributed by atoms with Gasteiger partial charge in [0.15, 0.2) is 0 Å². The molecule has 136 valence electrons. The standard InChI is InChI=1S/C18H27NO4.H3N/c1-12(2)14(15(19)17(21)23-18(3,4)5)16(20)22-11-13-9-7-6-8-10-13;/h6-10,12,14-15H,11,19H2,1-5H3;1H3. The predicted molar refractivity (Wildman–Crippen MR) is 93.4 cm³/mol. The molecule has 0 aliphatic heterocycles. The predicted octanol–water partition coefficient (Wildman–Crippen LogP) is 2.83. The van der Waals surface area contributed by atoms with Crippen LogP contribution < -0.4 is 11.9 Å². The summed E-state index contributed by atoms with van der Waals surface area (Å²) in [4.78, 5) is 24.5. The topological polar surface area (TPSA) is 114 Å². The minimum atomic E-state index is -1.04. The number of carbonyl (C=O) groups excluding carboxylic acids is 2. The number of nitrogens with two attached hydrogens (primary N) is 1. The lowest BCUT2D eigenvalue weighted by Crippen LogP contribution is -2.47. The molecule has 1 aromatic carbocycles. The van der Waals surface area contributed by atoms with E-state index in [0.717, 1.165) is 5.56 Å². The van der Waals surface area contributed by atoms with Crippen molar-refractivity contribution in [3.8, 4) is 0 Å². The fourth-order valence-corrected chi connectivity index (χ4v) is 2.17. The number of rotatable bonds is 6. The highest BCUT2D eigenvalue weighted by Gasteiger charge is 2.37. The zero-order valence-corrected chi connectivity index (χ0v) is 15.2. The maximum Gasteiger partial charge on any atom is 0.324 e. The quantitative estimate of drug-likeness (QED) is 0.771. The van der Waals surface area contributed by atoms with Crippen molar-refractivity contribution < 1.29 is 19.1 Å². The van der Waals surface area contributed by atoms with Gasteiger partial charge in [0.1, 0.15) is 18.2 Å². The molecule has 0 heterocycles. The first-order chi connectivity index (χ1) is 10.6. The second-order valence-corrected chi connectivity index (χ2v) is 6.92. The lowest BCUT2D eigenvalue weighted by molar-refractivity contribution is -0.165. The lowest BCUT2D eigenvalue weighted by Gasteiger charge is -2.27. The molecule has 24 heavy (non-hydrogen) atoms. The van der Waals surface area contributed by atoms with Crippen LogP contribution in [-0.2, 0) is 25.7 Å². The van der Waals surface area contributed by atoms with Gasteiger partial charge < -0.3 is 21.4 Å². The molecule has 0 aliphatic rings. The van der Waals surface area contributed by atoms with Gasteiger partial charge >= 0.3 is 11.9 Å². The largest absolute Gasteiger partial charge is 0.461 e. The zero-order valence-electron chi connectivity index (χ0n) is 15.2. The van der Waals surface area contributed by atoms with Crippen molar-refractivity contribution >= 4 is 11.9 Å². The lowest BCUT2D eigenvalue weighted by atomic mass is 9.89. The van der Waals surface area contributed by atoms with Crippen LogP contribution in [0.4, 0.5) is 0 Å². The van der Waals surface area contributed by atoms with E-state index in [0.29, 0.717) is 0 Å². The Labute approximate surface area is 144 Å². The molecule has 5 N–H and O–H groups in total. The van der Waals surface area contributed by atoms with Crippen LogP contribution in [0.25, 0.3) is 0 Å². The maximum absolute atomic E-state index is 12.4. The average molecular weight is 338 g/mol. The van der Waals surface area contributed by atoms with Crippen molar-refractivity contribution in [1.29, 1.82) is 0 Å². The van der Waals surface area contributed by atoms with E-state index < -0.39 is 29.5 Å². The second-order valence-electron chi connectivity index (χ2n) is 6.92. The van der Waals surface area contributed by atoms with Gasteiger partial charge in [-0.05, 0) is 32.3 Å². The molecular weight excluding hydrogens is 308 g/mol. The van der Waals surface area contributed by atoms with Crippen molar-refractivity contribution in [2.24, 2.45) is 17.6 Å². The minimum absolute atomic E-state index is 0. The molecule has 0 aliphatic carbocycles. The molecule has 0 radical (unpaired) electrons. The summed E-state index contributed by atoms with van der Waals surface area (Å²) < 4.78 is 10.6. The smallest absolute Gasteiger partial charge is 0.324 e. The normalized spacial score (nSPS) is 13.6. The Bertz CT molecular complexity index is 524. The molecule has 6 heteroatoms. The van der Waals surface area contributed by atoms with Crippen molar-refractivity contribution in [1.82, 2.24) is 6.15 Å². The van der Waals surface area contributed by atoms with Gasteiger partial charge in [0.2, 0.25) is 0 Å². The molecule has 0 saturated carbocycles. The number of carbonyl (C=O) groups is 2. The highest BCUT2D eigenvalue weighted by molar-refractivity contribution is 5.84. The first-order valence-corrected chi connectivity index (χ1v) is 7.81. The molecule has 2 unspecified atom stereocenters. The molecule has 0 spiro atoms. The van der Waals surface area contributed by atoms with E-state index in [1.165, 1.54) is 0 Å². The van der Waals surface area contributed by atoms with Crippen LogP contribution in [-0.4, -0.2) is 23.6 Å². The summed E-state index contributed by atoms with van der Waals surface area (Å²) in [5, 5.41) is 0. The highest BCUT2D eigenvalue weighted by Crippen LogP contribution is 2.20. The first-order valence-electron chi connectivity index (χ1n) is 7.81. The molecule has 0 aromatic heterocycles. The third-order valence-corrected chi connectivity index (χ3v) is 3.28. The number of esters is 2. The summed E-state index contributed by atoms with van der Waals surface area (Å²) in [5.74, 6) is -1.95. The fraction of sp³-hybridized carbons (Fsp3) is 0.556. The monoisotopic (exact) mass is 338 g/mol. The SMILES string of the molecule is CC(C)C(C(=O)OCc1ccccc1)C(N)C(=O)OC(C)(C)C.N. The second kappa shape index (κ2) is 9.39. The summed E-state index contributed by atoms with van der Waals surface area (Å²) in [6, 6.07) is 8.32. The Balaban J connectivity index is 0.00000529. The van der Waals surface area contributed by atoms with Crippen molar-refractivity contribution in [3.05, 3.63) is 35.9 Å². The Morgan fingerprint density at radius 3 is 2.08 bits per heavy atom. The average Bonchev–Trinajstić information content (AvgIpc) is 2.44. The molecule has 1 rings (SSSR count). The number of benzene rings is 1. The molecule has 0 saturated heterocycles. The van der Waals surface area contributed by atoms with Crippen molar-refractivity contribution in [3.63, 3.8) is 0 Å². The number of hydrogen-bond donors (Lipinski definition) is 2. The van der Waals surface area contributed by atoms with Crippen molar-refractivity contribution in [2.75, 3.05) is 0 Å². The number of hydrogen-bond acceptors (Lipinski definition) is 6. The van der Waals surface area contributed by atoms with Gasteiger partial charge in [0.25, 0.3) is 0 Å². The van der Waals surface area contributed by atoms with Crippen molar-refractivity contribution in [2.45, 2.75) is 52.9 Å².